The van der Waals surface area contributed by atoms with E-state index in [2.05, 4.69) is 0 Å². The number of hydrogen-bond acceptors (Lipinski definition) is 2. The van der Waals surface area contributed by atoms with Crippen LogP contribution in [0.2, 0.25) is 5.02 Å². The largest absolute Gasteiger partial charge is 0.370 e. The van der Waals surface area contributed by atoms with Crippen LogP contribution in [0, 0.1) is 5.82 Å². The van der Waals surface area contributed by atoms with Gasteiger partial charge in [0.25, 0.3) is 5.91 Å². The monoisotopic (exact) mass is 305 g/mol. The van der Waals surface area contributed by atoms with Crippen molar-refractivity contribution in [1.29, 1.82) is 0 Å². The Morgan fingerprint density at radius 3 is 2.95 bits per heavy atom. The molecule has 0 aromatic heterocycles. The average molecular weight is 306 g/mol. The van der Waals surface area contributed by atoms with Crippen LogP contribution in [-0.4, -0.2) is 42.0 Å². The second-order valence-corrected chi connectivity index (χ2v) is 5.22. The molecule has 1 fully saturated rings. The van der Waals surface area contributed by atoms with Crippen LogP contribution in [0.15, 0.2) is 18.2 Å². The molecular formula is C13H14Cl2FNO2. The lowest BCUT2D eigenvalue weighted by Crippen LogP contribution is -2.49. The molecule has 1 aromatic carbocycles. The number of carbonyl (C=O) groups excluding carboxylic acids is 1. The van der Waals surface area contributed by atoms with E-state index in [0.29, 0.717) is 19.0 Å². The fourth-order valence-corrected chi connectivity index (χ4v) is 2.51. The second kappa shape index (κ2) is 6.07. The van der Waals surface area contributed by atoms with Gasteiger partial charge in [-0.15, -0.1) is 11.6 Å². The van der Waals surface area contributed by atoms with E-state index in [1.54, 1.807) is 4.90 Å². The van der Waals surface area contributed by atoms with Gasteiger partial charge in [0, 0.05) is 13.1 Å². The van der Waals surface area contributed by atoms with E-state index in [1.807, 2.05) is 6.92 Å². The van der Waals surface area contributed by atoms with E-state index in [4.69, 9.17) is 27.9 Å². The maximum Gasteiger partial charge on any atom is 0.255 e. The van der Waals surface area contributed by atoms with Crippen LogP contribution in [0.5, 0.6) is 0 Å². The summed E-state index contributed by atoms with van der Waals surface area (Å²) in [5.41, 5.74) is 0.170. The Balaban J connectivity index is 2.21. The van der Waals surface area contributed by atoms with E-state index in [0.717, 1.165) is 0 Å². The first-order chi connectivity index (χ1) is 9.02. The van der Waals surface area contributed by atoms with Gasteiger partial charge < -0.3 is 9.64 Å². The van der Waals surface area contributed by atoms with Gasteiger partial charge >= 0.3 is 0 Å². The molecule has 2 unspecified atom stereocenters. The van der Waals surface area contributed by atoms with Crippen molar-refractivity contribution in [1.82, 2.24) is 4.90 Å². The molecule has 1 amide bonds. The first-order valence-corrected chi connectivity index (χ1v) is 6.89. The highest BCUT2D eigenvalue weighted by atomic mass is 35.5. The minimum absolute atomic E-state index is 0.103. The smallest absolute Gasteiger partial charge is 0.255 e. The molecule has 0 radical (unpaired) electrons. The molecule has 19 heavy (non-hydrogen) atoms. The summed E-state index contributed by atoms with van der Waals surface area (Å²) in [7, 11) is 0. The van der Waals surface area contributed by atoms with Crippen LogP contribution >= 0.6 is 23.2 Å². The molecule has 1 aliphatic rings. The van der Waals surface area contributed by atoms with Crippen LogP contribution in [0.25, 0.3) is 0 Å². The molecule has 0 aliphatic carbocycles. The summed E-state index contributed by atoms with van der Waals surface area (Å²) in [5, 5.41) is -0.144. The number of carbonyl (C=O) groups is 1. The zero-order valence-corrected chi connectivity index (χ0v) is 11.9. The summed E-state index contributed by atoms with van der Waals surface area (Å²) in [5.74, 6) is -0.581. The third-order valence-corrected chi connectivity index (χ3v) is 3.70. The van der Waals surface area contributed by atoms with E-state index < -0.39 is 5.82 Å². The quantitative estimate of drug-likeness (QED) is 0.786. The number of halogens is 3. The summed E-state index contributed by atoms with van der Waals surface area (Å²) in [6, 6.07) is 4.21. The predicted molar refractivity (Wildman–Crippen MR) is 72.4 cm³/mol. The molecule has 2 atom stereocenters. The highest BCUT2D eigenvalue weighted by molar-refractivity contribution is 6.34. The van der Waals surface area contributed by atoms with Gasteiger partial charge in [-0.25, -0.2) is 4.39 Å². The summed E-state index contributed by atoms with van der Waals surface area (Å²) in [4.78, 5) is 14.0. The minimum atomic E-state index is -0.595. The molecule has 2 rings (SSSR count). The SMILES string of the molecule is CC1CN(C(=O)c2cccc(F)c2Cl)CC(CCl)O1. The third-order valence-electron chi connectivity index (χ3n) is 2.97. The lowest BCUT2D eigenvalue weighted by molar-refractivity contribution is -0.0570. The third kappa shape index (κ3) is 3.19. The number of rotatable bonds is 2. The minimum Gasteiger partial charge on any atom is -0.370 e. The van der Waals surface area contributed by atoms with Gasteiger partial charge in [0.2, 0.25) is 0 Å². The molecule has 104 valence electrons. The van der Waals surface area contributed by atoms with Gasteiger partial charge in [-0.1, -0.05) is 17.7 Å². The lowest BCUT2D eigenvalue weighted by Gasteiger charge is -2.36. The number of hydrogen-bond donors (Lipinski definition) is 0. The van der Waals surface area contributed by atoms with Crippen molar-refractivity contribution in [2.24, 2.45) is 0 Å². The number of benzene rings is 1. The lowest BCUT2D eigenvalue weighted by atomic mass is 10.1. The molecule has 0 spiro atoms. The molecule has 0 N–H and O–H groups in total. The van der Waals surface area contributed by atoms with Gasteiger partial charge in [-0.2, -0.15) is 0 Å². The van der Waals surface area contributed by atoms with Crippen molar-refractivity contribution in [3.8, 4) is 0 Å². The predicted octanol–water partition coefficient (Wildman–Crippen LogP) is 2.95. The van der Waals surface area contributed by atoms with Crippen molar-refractivity contribution in [3.05, 3.63) is 34.6 Å². The molecule has 3 nitrogen and oxygen atoms in total. The van der Waals surface area contributed by atoms with Gasteiger partial charge in [-0.05, 0) is 19.1 Å². The summed E-state index contributed by atoms with van der Waals surface area (Å²) in [6.07, 6.45) is -0.310. The van der Waals surface area contributed by atoms with Crippen LogP contribution in [0.3, 0.4) is 0 Å². The number of nitrogens with zero attached hydrogens (tertiary/aromatic N) is 1. The molecule has 1 saturated heterocycles. The van der Waals surface area contributed by atoms with Crippen molar-refractivity contribution >= 4 is 29.1 Å². The molecule has 1 heterocycles. The van der Waals surface area contributed by atoms with E-state index in [1.165, 1.54) is 18.2 Å². The Morgan fingerprint density at radius 1 is 1.53 bits per heavy atom. The zero-order valence-electron chi connectivity index (χ0n) is 10.4. The molecule has 0 bridgehead atoms. The van der Waals surface area contributed by atoms with Gasteiger partial charge in [0.1, 0.15) is 5.82 Å². The Labute approximate surface area is 121 Å². The van der Waals surface area contributed by atoms with Crippen molar-refractivity contribution in [2.45, 2.75) is 19.1 Å². The normalized spacial score (nSPS) is 23.5. The van der Waals surface area contributed by atoms with Gasteiger partial charge in [0.05, 0.1) is 28.7 Å². The van der Waals surface area contributed by atoms with Crippen LogP contribution in [0.4, 0.5) is 4.39 Å². The average Bonchev–Trinajstić information content (AvgIpc) is 2.40. The Hall–Kier alpha value is -0.840. The number of amides is 1. The van der Waals surface area contributed by atoms with Crippen molar-refractivity contribution in [2.75, 3.05) is 19.0 Å². The van der Waals surface area contributed by atoms with Crippen LogP contribution in [-0.2, 0) is 4.74 Å². The highest BCUT2D eigenvalue weighted by Gasteiger charge is 2.29. The number of alkyl halides is 1. The number of morpholine rings is 1. The standard InChI is InChI=1S/C13H14Cl2FNO2/c1-8-6-17(7-9(5-14)19-8)13(18)10-3-2-4-11(16)12(10)15/h2-4,8-9H,5-7H2,1H3. The highest BCUT2D eigenvalue weighted by Crippen LogP contribution is 2.23. The zero-order chi connectivity index (χ0) is 14.0. The Morgan fingerprint density at radius 2 is 2.26 bits per heavy atom. The molecule has 1 aromatic rings. The van der Waals surface area contributed by atoms with Crippen LogP contribution < -0.4 is 0 Å². The van der Waals surface area contributed by atoms with Crippen molar-refractivity contribution in [3.63, 3.8) is 0 Å². The molecular weight excluding hydrogens is 292 g/mol. The molecule has 6 heteroatoms. The summed E-state index contributed by atoms with van der Waals surface area (Å²) >= 11 is 11.6. The summed E-state index contributed by atoms with van der Waals surface area (Å²) < 4.78 is 19.0. The fraction of sp³-hybridized carbons (Fsp3) is 0.462. The van der Waals surface area contributed by atoms with Crippen molar-refractivity contribution < 1.29 is 13.9 Å². The molecule has 0 saturated carbocycles. The molecule has 1 aliphatic heterocycles. The number of ether oxygens (including phenoxy) is 1. The van der Waals surface area contributed by atoms with E-state index in [9.17, 15) is 9.18 Å². The van der Waals surface area contributed by atoms with Gasteiger partial charge in [-0.3, -0.25) is 4.79 Å². The Bertz CT molecular complexity index is 484. The van der Waals surface area contributed by atoms with E-state index >= 15 is 0 Å². The maximum absolute atomic E-state index is 13.4. The fourth-order valence-electron chi connectivity index (χ4n) is 2.14. The Kier molecular flexibility index (Phi) is 4.66. The first-order valence-electron chi connectivity index (χ1n) is 5.97. The van der Waals surface area contributed by atoms with E-state index in [-0.39, 0.29) is 28.7 Å². The topological polar surface area (TPSA) is 29.5 Å². The van der Waals surface area contributed by atoms with Crippen LogP contribution in [0.1, 0.15) is 17.3 Å². The maximum atomic E-state index is 13.4. The summed E-state index contributed by atoms with van der Waals surface area (Å²) in [6.45, 7) is 2.70. The second-order valence-electron chi connectivity index (χ2n) is 4.53. The first kappa shape index (κ1) is 14.6. The van der Waals surface area contributed by atoms with Gasteiger partial charge in [0.15, 0.2) is 0 Å².